The van der Waals surface area contributed by atoms with Crippen LogP contribution in [0.4, 0.5) is 0 Å². The maximum Gasteiger partial charge on any atom is 0.273 e. The van der Waals surface area contributed by atoms with Crippen molar-refractivity contribution in [3.8, 4) is 0 Å². The normalized spacial score (nSPS) is 10.2. The topological polar surface area (TPSA) is 93.2 Å². The number of nitrogen functional groups attached to an aromatic ring is 1. The lowest BCUT2D eigenvalue weighted by Gasteiger charge is -2.07. The molecule has 0 saturated carbocycles. The lowest BCUT2D eigenvalue weighted by Crippen LogP contribution is -2.29. The summed E-state index contributed by atoms with van der Waals surface area (Å²) in [7, 11) is 3.37. The van der Waals surface area contributed by atoms with E-state index in [2.05, 4.69) is 10.5 Å². The Hall–Kier alpha value is -2.67. The van der Waals surface area contributed by atoms with Crippen LogP contribution in [-0.4, -0.2) is 40.6 Å². The van der Waals surface area contributed by atoms with Crippen LogP contribution in [0.5, 0.6) is 0 Å². The highest BCUT2D eigenvalue weighted by molar-refractivity contribution is 5.93. The van der Waals surface area contributed by atoms with Gasteiger partial charge in [0.2, 0.25) is 0 Å². The Bertz CT molecular complexity index is 646. The highest BCUT2D eigenvalue weighted by atomic mass is 16.2. The van der Waals surface area contributed by atoms with Crippen molar-refractivity contribution >= 4 is 11.8 Å². The first-order valence-electron chi connectivity index (χ1n) is 6.36. The van der Waals surface area contributed by atoms with E-state index >= 15 is 0 Å². The van der Waals surface area contributed by atoms with Crippen molar-refractivity contribution in [2.75, 3.05) is 14.1 Å². The third-order valence-electron chi connectivity index (χ3n) is 2.96. The van der Waals surface area contributed by atoms with Crippen LogP contribution in [0.1, 0.15) is 26.4 Å². The minimum Gasteiger partial charge on any atom is -0.343 e. The first-order chi connectivity index (χ1) is 10.0. The van der Waals surface area contributed by atoms with Crippen molar-refractivity contribution in [3.05, 3.63) is 53.3 Å². The number of benzene rings is 1. The van der Waals surface area contributed by atoms with E-state index < -0.39 is 0 Å². The van der Waals surface area contributed by atoms with Gasteiger partial charge in [-0.15, -0.1) is 0 Å². The van der Waals surface area contributed by atoms with Crippen molar-refractivity contribution in [2.45, 2.75) is 6.54 Å². The zero-order chi connectivity index (χ0) is 15.4. The maximum absolute atomic E-state index is 11.8. The van der Waals surface area contributed by atoms with Gasteiger partial charge in [0, 0.05) is 25.9 Å². The number of nitrogens with zero attached hydrogens (tertiary/aromatic N) is 3. The summed E-state index contributed by atoms with van der Waals surface area (Å²) in [6.07, 6.45) is 1.75. The molecule has 0 unspecified atom stereocenters. The number of nitrogens with one attached hydrogen (secondary N) is 1. The molecule has 2 rings (SSSR count). The monoisotopic (exact) mass is 287 g/mol. The molecular weight excluding hydrogens is 270 g/mol. The predicted molar refractivity (Wildman–Crippen MR) is 77.4 cm³/mol. The number of carbonyl (C=O) groups is 2. The largest absolute Gasteiger partial charge is 0.343 e. The summed E-state index contributed by atoms with van der Waals surface area (Å²) in [6.45, 7) is 0.519. The molecule has 1 aromatic carbocycles. The second kappa shape index (κ2) is 6.19. The fraction of sp³-hybridized carbons (Fsp3) is 0.214. The average molecular weight is 287 g/mol. The molecule has 2 aromatic rings. The number of amides is 2. The first-order valence-corrected chi connectivity index (χ1v) is 6.36. The molecule has 0 aliphatic carbocycles. The Kier molecular flexibility index (Phi) is 4.34. The van der Waals surface area contributed by atoms with E-state index in [1.165, 1.54) is 4.90 Å². The minimum absolute atomic E-state index is 0.135. The molecule has 7 nitrogen and oxygen atoms in total. The lowest BCUT2D eigenvalue weighted by molar-refractivity contribution is 0.0820. The molecule has 0 radical (unpaired) electrons. The van der Waals surface area contributed by atoms with Crippen LogP contribution in [0, 0.1) is 0 Å². The fourth-order valence-corrected chi connectivity index (χ4v) is 1.82. The molecular formula is C14H17N5O2. The maximum atomic E-state index is 11.8. The molecule has 0 spiro atoms. The van der Waals surface area contributed by atoms with Gasteiger partial charge in [0.05, 0.1) is 6.54 Å². The number of aromatic nitrogens is 2. The van der Waals surface area contributed by atoms with Crippen LogP contribution in [0.15, 0.2) is 36.5 Å². The van der Waals surface area contributed by atoms with Crippen LogP contribution in [0.3, 0.4) is 0 Å². The zero-order valence-electron chi connectivity index (χ0n) is 11.9. The van der Waals surface area contributed by atoms with Gasteiger partial charge in [-0.05, 0) is 23.8 Å². The highest BCUT2D eigenvalue weighted by Crippen LogP contribution is 2.07. The van der Waals surface area contributed by atoms with Gasteiger partial charge in [-0.3, -0.25) is 19.7 Å². The molecule has 0 saturated heterocycles. The van der Waals surface area contributed by atoms with Gasteiger partial charge in [0.1, 0.15) is 5.69 Å². The van der Waals surface area contributed by atoms with Crippen LogP contribution in [0.25, 0.3) is 0 Å². The van der Waals surface area contributed by atoms with E-state index in [-0.39, 0.29) is 11.8 Å². The predicted octanol–water partition coefficient (Wildman–Crippen LogP) is 0.237. The summed E-state index contributed by atoms with van der Waals surface area (Å²) in [5, 5.41) is 4.23. The van der Waals surface area contributed by atoms with Crippen LogP contribution in [0.2, 0.25) is 0 Å². The Morgan fingerprint density at radius 1 is 1.24 bits per heavy atom. The van der Waals surface area contributed by atoms with Gasteiger partial charge in [-0.1, -0.05) is 12.1 Å². The second-order valence-corrected chi connectivity index (χ2v) is 4.77. The van der Waals surface area contributed by atoms with E-state index in [0.717, 1.165) is 5.56 Å². The molecule has 1 aromatic heterocycles. The van der Waals surface area contributed by atoms with Crippen molar-refractivity contribution < 1.29 is 9.59 Å². The van der Waals surface area contributed by atoms with Crippen LogP contribution >= 0.6 is 0 Å². The molecule has 1 heterocycles. The third-order valence-corrected chi connectivity index (χ3v) is 2.96. The van der Waals surface area contributed by atoms with E-state index in [4.69, 9.17) is 5.84 Å². The summed E-state index contributed by atoms with van der Waals surface area (Å²) in [6, 6.07) is 8.69. The lowest BCUT2D eigenvalue weighted by atomic mass is 10.1. The number of hydrogen-bond donors (Lipinski definition) is 2. The number of carbonyl (C=O) groups excluding carboxylic acids is 2. The van der Waals surface area contributed by atoms with Crippen LogP contribution in [-0.2, 0) is 6.54 Å². The molecule has 3 N–H and O–H groups in total. The first kappa shape index (κ1) is 14.7. The second-order valence-electron chi connectivity index (χ2n) is 4.77. The molecule has 0 fully saturated rings. The smallest absolute Gasteiger partial charge is 0.273 e. The Labute approximate surface area is 122 Å². The molecule has 0 bridgehead atoms. The minimum atomic E-state index is -0.334. The van der Waals surface area contributed by atoms with E-state index in [1.54, 1.807) is 43.2 Å². The molecule has 2 amide bonds. The number of hydrogen-bond acceptors (Lipinski definition) is 4. The van der Waals surface area contributed by atoms with Crippen molar-refractivity contribution in [1.82, 2.24) is 20.1 Å². The quantitative estimate of drug-likeness (QED) is 0.478. The van der Waals surface area contributed by atoms with E-state index in [9.17, 15) is 9.59 Å². The van der Waals surface area contributed by atoms with Crippen molar-refractivity contribution in [1.29, 1.82) is 0 Å². The Morgan fingerprint density at radius 3 is 2.48 bits per heavy atom. The summed E-state index contributed by atoms with van der Waals surface area (Å²) in [5.41, 5.74) is 3.94. The van der Waals surface area contributed by atoms with Gasteiger partial charge in [0.25, 0.3) is 11.8 Å². The molecule has 7 heteroatoms. The Balaban J connectivity index is 2.08. The van der Waals surface area contributed by atoms with Crippen molar-refractivity contribution in [3.63, 3.8) is 0 Å². The summed E-state index contributed by atoms with van der Waals surface area (Å²) < 4.78 is 1.68. The van der Waals surface area contributed by atoms with E-state index in [0.29, 0.717) is 17.8 Å². The number of rotatable bonds is 4. The molecule has 21 heavy (non-hydrogen) atoms. The number of nitrogens with two attached hydrogens (primary N) is 1. The summed E-state index contributed by atoms with van der Waals surface area (Å²) in [5.74, 6) is 4.60. The number of hydrazine groups is 1. The SMILES string of the molecule is CN(C)C(=O)c1ccn(Cc2ccc(C(=O)NN)cc2)n1. The average Bonchev–Trinajstić information content (AvgIpc) is 2.94. The fourth-order valence-electron chi connectivity index (χ4n) is 1.82. The third kappa shape index (κ3) is 3.46. The summed E-state index contributed by atoms with van der Waals surface area (Å²) >= 11 is 0. The Morgan fingerprint density at radius 2 is 1.90 bits per heavy atom. The standard InChI is InChI=1S/C14H17N5O2/c1-18(2)14(21)12-7-8-19(17-12)9-10-3-5-11(6-4-10)13(20)16-15/h3-8H,9,15H2,1-2H3,(H,16,20). The molecule has 110 valence electrons. The zero-order valence-corrected chi connectivity index (χ0v) is 11.9. The van der Waals surface area contributed by atoms with Gasteiger partial charge < -0.3 is 4.90 Å². The highest BCUT2D eigenvalue weighted by Gasteiger charge is 2.11. The van der Waals surface area contributed by atoms with Gasteiger partial charge in [-0.25, -0.2) is 5.84 Å². The summed E-state index contributed by atoms with van der Waals surface area (Å²) in [4.78, 5) is 24.6. The molecule has 0 aliphatic rings. The van der Waals surface area contributed by atoms with Gasteiger partial charge in [0.15, 0.2) is 0 Å². The molecule has 0 atom stereocenters. The van der Waals surface area contributed by atoms with E-state index in [1.807, 2.05) is 12.1 Å². The van der Waals surface area contributed by atoms with Crippen molar-refractivity contribution in [2.24, 2.45) is 5.84 Å². The van der Waals surface area contributed by atoms with Gasteiger partial charge in [-0.2, -0.15) is 5.10 Å². The van der Waals surface area contributed by atoms with Crippen LogP contribution < -0.4 is 11.3 Å². The van der Waals surface area contributed by atoms with Gasteiger partial charge >= 0.3 is 0 Å². The molecule has 0 aliphatic heterocycles.